The summed E-state index contributed by atoms with van der Waals surface area (Å²) in [4.78, 5) is 50.5. The Morgan fingerprint density at radius 3 is 1.92 bits per heavy atom. The standard InChI is InChI=1S/C51H90NO11P/c1-6-8-10-11-12-13-14-15-16-17-18-19-20-21-22-23-24-25-26-32-36-51(57)63-45(43-62-64(58,59)61-40-39-52(3,4)5)42-60-50(56)35-31-28-27-30-34-46-47(49(55)41-48(46)54)38-37-44(53)33-29-9-7-2/h13-14,16-17,19-20,37-38,44-47,49,53,55H,6-12,15,18,21-36,39-43H2,1-5H3/b14-13-,17-16-,20-19-,38-37+/t44-,45+,46+,47+,49+/m0/s1. The number of aliphatic hydroxyl groups excluding tert-OH is 2. The number of quaternary nitrogens is 1. The molecule has 0 amide bonds. The first kappa shape index (κ1) is 59.6. The van der Waals surface area contributed by atoms with Crippen LogP contribution in [0.15, 0.2) is 48.6 Å². The second-order valence-electron chi connectivity index (χ2n) is 18.6. The predicted molar refractivity (Wildman–Crippen MR) is 255 cm³/mol. The Balaban J connectivity index is 2.42. The zero-order chi connectivity index (χ0) is 47.3. The number of esters is 2. The second kappa shape index (κ2) is 37.6. The number of unbranched alkanes of at least 4 members (excludes halogenated alkanes) is 15. The topological polar surface area (TPSA) is 169 Å². The third-order valence-corrected chi connectivity index (χ3v) is 12.4. The average molecular weight is 924 g/mol. The quantitative estimate of drug-likeness (QED) is 0.0197. The molecule has 64 heavy (non-hydrogen) atoms. The van der Waals surface area contributed by atoms with Crippen molar-refractivity contribution in [3.63, 3.8) is 0 Å². The number of phosphoric ester groups is 1. The van der Waals surface area contributed by atoms with Crippen LogP contribution in [0.4, 0.5) is 0 Å². The molecule has 12 nitrogen and oxygen atoms in total. The van der Waals surface area contributed by atoms with E-state index in [9.17, 15) is 34.1 Å². The molecule has 0 bridgehead atoms. The van der Waals surface area contributed by atoms with E-state index >= 15 is 0 Å². The maximum Gasteiger partial charge on any atom is 0.306 e. The molecule has 6 atom stereocenters. The lowest BCUT2D eigenvalue weighted by molar-refractivity contribution is -0.870. The van der Waals surface area contributed by atoms with Gasteiger partial charge in [-0.15, -0.1) is 0 Å². The zero-order valence-electron chi connectivity index (χ0n) is 40.7. The number of allylic oxidation sites excluding steroid dienone is 6. The Kier molecular flexibility index (Phi) is 35.0. The van der Waals surface area contributed by atoms with Crippen LogP contribution in [0.3, 0.4) is 0 Å². The minimum absolute atomic E-state index is 0.0468. The summed E-state index contributed by atoms with van der Waals surface area (Å²) in [6.07, 6.45) is 37.4. The number of ketones is 1. The van der Waals surface area contributed by atoms with E-state index in [0.717, 1.165) is 89.9 Å². The number of phosphoric acid groups is 1. The Bertz CT molecular complexity index is 1390. The van der Waals surface area contributed by atoms with Crippen molar-refractivity contribution in [2.45, 2.75) is 199 Å². The van der Waals surface area contributed by atoms with Crippen LogP contribution in [0.2, 0.25) is 0 Å². The molecule has 1 aliphatic carbocycles. The van der Waals surface area contributed by atoms with Gasteiger partial charge in [-0.05, 0) is 64.2 Å². The predicted octanol–water partition coefficient (Wildman–Crippen LogP) is 10.6. The highest BCUT2D eigenvalue weighted by Crippen LogP contribution is 2.38. The molecule has 0 aliphatic heterocycles. The maximum absolute atomic E-state index is 12.8. The summed E-state index contributed by atoms with van der Waals surface area (Å²) in [7, 11) is 1.02. The largest absolute Gasteiger partial charge is 0.756 e. The number of carbonyl (C=O) groups is 3. The van der Waals surface area contributed by atoms with Gasteiger partial charge < -0.3 is 38.1 Å². The van der Waals surface area contributed by atoms with Gasteiger partial charge in [0, 0.05) is 31.1 Å². The number of likely N-dealkylation sites (N-methyl/N-ethyl adjacent to an activating group) is 1. The van der Waals surface area contributed by atoms with E-state index in [0.29, 0.717) is 36.7 Å². The van der Waals surface area contributed by atoms with E-state index in [1.165, 1.54) is 32.1 Å². The molecule has 1 aliphatic rings. The van der Waals surface area contributed by atoms with Gasteiger partial charge in [-0.1, -0.05) is 146 Å². The first-order chi connectivity index (χ1) is 30.7. The van der Waals surface area contributed by atoms with Crippen LogP contribution >= 0.6 is 7.82 Å². The summed E-state index contributed by atoms with van der Waals surface area (Å²) in [5.74, 6) is -1.54. The molecule has 13 heteroatoms. The molecule has 370 valence electrons. The van der Waals surface area contributed by atoms with Crippen LogP contribution in [0, 0.1) is 11.8 Å². The smallest absolute Gasteiger partial charge is 0.306 e. The molecular formula is C51H90NO11P. The Hall–Kier alpha value is -2.44. The third kappa shape index (κ3) is 34.0. The van der Waals surface area contributed by atoms with Gasteiger partial charge >= 0.3 is 11.9 Å². The number of carbonyl (C=O) groups excluding carboxylic acids is 3. The highest BCUT2D eigenvalue weighted by Gasteiger charge is 2.39. The third-order valence-electron chi connectivity index (χ3n) is 11.5. The lowest BCUT2D eigenvalue weighted by Gasteiger charge is -2.28. The second-order valence-corrected chi connectivity index (χ2v) is 20.0. The molecule has 0 heterocycles. The molecule has 0 aromatic carbocycles. The van der Waals surface area contributed by atoms with E-state index in [-0.39, 0.29) is 50.1 Å². The van der Waals surface area contributed by atoms with Gasteiger partial charge in [-0.25, -0.2) is 0 Å². The SMILES string of the molecule is CCCCCC/C=C\C/C=C\C/C=C\CCCCCCCCC(=O)O[C@H](COC(=O)CCCCCC[C@H]1C(=O)C[C@@H](O)[C@@H]1/C=C/[C@@H](O)CCCCC)COP(=O)([O-])OCC[N+](C)(C)C. The van der Waals surface area contributed by atoms with Gasteiger partial charge in [0.1, 0.15) is 25.5 Å². The summed E-state index contributed by atoms with van der Waals surface area (Å²) in [5, 5.41) is 20.8. The first-order valence-electron chi connectivity index (χ1n) is 24.9. The fraction of sp³-hybridized carbons (Fsp3) is 0.784. The van der Waals surface area contributed by atoms with Gasteiger partial charge in [0.25, 0.3) is 7.82 Å². The Morgan fingerprint density at radius 1 is 0.750 bits per heavy atom. The summed E-state index contributed by atoms with van der Waals surface area (Å²) < 4.78 is 34.0. The monoisotopic (exact) mass is 924 g/mol. The molecule has 1 fully saturated rings. The summed E-state index contributed by atoms with van der Waals surface area (Å²) in [6, 6.07) is 0. The molecule has 2 N–H and O–H groups in total. The minimum atomic E-state index is -4.69. The van der Waals surface area contributed by atoms with Crippen LogP contribution in [-0.2, 0) is 37.5 Å². The summed E-state index contributed by atoms with van der Waals surface area (Å²) in [5.41, 5.74) is 0. The number of hydrogen-bond acceptors (Lipinski definition) is 11. The first-order valence-corrected chi connectivity index (χ1v) is 26.4. The van der Waals surface area contributed by atoms with Crippen molar-refractivity contribution in [2.24, 2.45) is 11.8 Å². The fourth-order valence-corrected chi connectivity index (χ4v) is 8.23. The number of ether oxygens (including phenoxy) is 2. The van der Waals surface area contributed by atoms with Crippen LogP contribution in [0.25, 0.3) is 0 Å². The normalized spacial score (nSPS) is 19.1. The molecular weight excluding hydrogens is 834 g/mol. The van der Waals surface area contributed by atoms with Gasteiger partial charge in [-0.3, -0.25) is 18.9 Å². The molecule has 1 saturated carbocycles. The number of hydrogen-bond donors (Lipinski definition) is 2. The van der Waals surface area contributed by atoms with E-state index in [2.05, 4.69) is 50.3 Å². The lowest BCUT2D eigenvalue weighted by Crippen LogP contribution is -2.37. The maximum atomic E-state index is 12.8. The number of rotatable bonds is 41. The van der Waals surface area contributed by atoms with E-state index in [4.69, 9.17) is 18.5 Å². The van der Waals surface area contributed by atoms with Gasteiger partial charge in [-0.2, -0.15) is 0 Å². The lowest BCUT2D eigenvalue weighted by atomic mass is 9.88. The molecule has 0 saturated heterocycles. The summed E-state index contributed by atoms with van der Waals surface area (Å²) >= 11 is 0. The summed E-state index contributed by atoms with van der Waals surface area (Å²) in [6.45, 7) is 3.82. The molecule has 1 rings (SSSR count). The van der Waals surface area contributed by atoms with Crippen LogP contribution in [0.1, 0.15) is 181 Å². The van der Waals surface area contributed by atoms with Crippen molar-refractivity contribution in [3.8, 4) is 0 Å². The molecule has 0 spiro atoms. The van der Waals surface area contributed by atoms with E-state index in [1.807, 2.05) is 27.2 Å². The van der Waals surface area contributed by atoms with Crippen molar-refractivity contribution >= 4 is 25.5 Å². The van der Waals surface area contributed by atoms with Crippen molar-refractivity contribution in [1.29, 1.82) is 0 Å². The molecule has 0 radical (unpaired) electrons. The molecule has 0 aromatic heterocycles. The number of aliphatic hydroxyl groups is 2. The van der Waals surface area contributed by atoms with Crippen molar-refractivity contribution < 1.29 is 57.1 Å². The van der Waals surface area contributed by atoms with Crippen molar-refractivity contribution in [1.82, 2.24) is 0 Å². The highest BCUT2D eigenvalue weighted by atomic mass is 31.2. The molecule has 1 unspecified atom stereocenters. The highest BCUT2D eigenvalue weighted by molar-refractivity contribution is 7.45. The number of Topliss-reactive ketones (excluding diaryl/α,β-unsaturated/α-hetero) is 1. The zero-order valence-corrected chi connectivity index (χ0v) is 41.6. The van der Waals surface area contributed by atoms with Gasteiger partial charge in [0.05, 0.1) is 40.0 Å². The van der Waals surface area contributed by atoms with E-state index in [1.54, 1.807) is 6.08 Å². The van der Waals surface area contributed by atoms with Crippen LogP contribution < -0.4 is 4.89 Å². The van der Waals surface area contributed by atoms with Crippen molar-refractivity contribution in [3.05, 3.63) is 48.6 Å². The number of nitrogens with zero attached hydrogens (tertiary/aromatic N) is 1. The van der Waals surface area contributed by atoms with Crippen LogP contribution in [-0.4, -0.2) is 98.2 Å². The average Bonchev–Trinajstić information content (AvgIpc) is 3.51. The van der Waals surface area contributed by atoms with Crippen molar-refractivity contribution in [2.75, 3.05) is 47.5 Å². The minimum Gasteiger partial charge on any atom is -0.756 e. The van der Waals surface area contributed by atoms with Gasteiger partial charge in [0.15, 0.2) is 6.10 Å². The Labute approximate surface area is 388 Å². The molecule has 0 aromatic rings. The van der Waals surface area contributed by atoms with E-state index < -0.39 is 44.7 Å². The Morgan fingerprint density at radius 2 is 1.30 bits per heavy atom. The fourth-order valence-electron chi connectivity index (χ4n) is 7.50. The van der Waals surface area contributed by atoms with Gasteiger partial charge in [0.2, 0.25) is 0 Å². The van der Waals surface area contributed by atoms with Crippen LogP contribution in [0.5, 0.6) is 0 Å².